The van der Waals surface area contributed by atoms with E-state index in [9.17, 15) is 13.2 Å². The molecule has 0 saturated carbocycles. The molecule has 0 aliphatic rings. The van der Waals surface area contributed by atoms with Gasteiger partial charge in [0, 0.05) is 6.20 Å². The molecule has 102 valence electrons. The number of aromatic amines is 1. The summed E-state index contributed by atoms with van der Waals surface area (Å²) < 4.78 is 40.8. The minimum Gasteiger partial charge on any atom is -0.404 e. The summed E-state index contributed by atoms with van der Waals surface area (Å²) in [5.41, 5.74) is 1.03. The molecule has 0 bridgehead atoms. The lowest BCUT2D eigenvalue weighted by atomic mass is 10.2. The van der Waals surface area contributed by atoms with Crippen molar-refractivity contribution in [3.63, 3.8) is 0 Å². The Balaban J connectivity index is 2.16. The molecular formula is C12H12F3N3O. The van der Waals surface area contributed by atoms with Gasteiger partial charge in [-0.25, -0.2) is 0 Å². The van der Waals surface area contributed by atoms with Crippen molar-refractivity contribution < 1.29 is 17.9 Å². The van der Waals surface area contributed by atoms with E-state index in [0.29, 0.717) is 0 Å². The molecule has 0 fully saturated rings. The average Bonchev–Trinajstić information content (AvgIpc) is 2.83. The molecular weight excluding hydrogens is 259 g/mol. The van der Waals surface area contributed by atoms with Crippen LogP contribution >= 0.6 is 0 Å². The molecule has 0 amide bonds. The van der Waals surface area contributed by atoms with Crippen LogP contribution in [-0.2, 0) is 0 Å². The number of hydrogen-bond acceptors (Lipinski definition) is 3. The fourth-order valence-electron chi connectivity index (χ4n) is 1.62. The van der Waals surface area contributed by atoms with Crippen LogP contribution in [0.15, 0.2) is 36.5 Å². The Bertz CT molecular complexity index is 525. The van der Waals surface area contributed by atoms with Crippen LogP contribution in [0.5, 0.6) is 5.75 Å². The summed E-state index contributed by atoms with van der Waals surface area (Å²) in [5, 5.41) is 9.48. The average molecular weight is 271 g/mol. The number of benzene rings is 1. The van der Waals surface area contributed by atoms with Gasteiger partial charge in [0.25, 0.3) is 0 Å². The maximum atomic E-state index is 12.3. The molecule has 0 aliphatic carbocycles. The first kappa shape index (κ1) is 13.3. The van der Waals surface area contributed by atoms with Crippen molar-refractivity contribution in [1.82, 2.24) is 10.2 Å². The summed E-state index contributed by atoms with van der Waals surface area (Å²) in [7, 11) is 0. The molecule has 1 heterocycles. The topological polar surface area (TPSA) is 49.9 Å². The van der Waals surface area contributed by atoms with Crippen LogP contribution in [0.25, 0.3) is 0 Å². The summed E-state index contributed by atoms with van der Waals surface area (Å²) >= 11 is 0. The molecule has 1 aromatic carbocycles. The zero-order valence-corrected chi connectivity index (χ0v) is 10.0. The second kappa shape index (κ2) is 5.21. The van der Waals surface area contributed by atoms with Gasteiger partial charge in [0.2, 0.25) is 0 Å². The number of rotatable bonds is 4. The van der Waals surface area contributed by atoms with Crippen LogP contribution in [0.2, 0.25) is 0 Å². The van der Waals surface area contributed by atoms with Gasteiger partial charge in [0.05, 0.1) is 17.4 Å². The highest BCUT2D eigenvalue weighted by Crippen LogP contribution is 2.31. The van der Waals surface area contributed by atoms with Gasteiger partial charge in [-0.3, -0.25) is 5.10 Å². The molecule has 19 heavy (non-hydrogen) atoms. The van der Waals surface area contributed by atoms with Crippen LogP contribution in [0.3, 0.4) is 0 Å². The number of ether oxygens (including phenoxy) is 1. The number of nitrogens with one attached hydrogen (secondary N) is 2. The molecule has 0 aliphatic heterocycles. The first-order valence-corrected chi connectivity index (χ1v) is 5.56. The first-order valence-electron chi connectivity index (χ1n) is 5.56. The van der Waals surface area contributed by atoms with E-state index in [4.69, 9.17) is 0 Å². The van der Waals surface area contributed by atoms with Crippen LogP contribution < -0.4 is 10.1 Å². The minimum absolute atomic E-state index is 0.222. The smallest absolute Gasteiger partial charge is 0.404 e. The number of hydrogen-bond donors (Lipinski definition) is 2. The van der Waals surface area contributed by atoms with Crippen LogP contribution in [-0.4, -0.2) is 16.6 Å². The quantitative estimate of drug-likeness (QED) is 0.895. The molecule has 7 heteroatoms. The Morgan fingerprint density at radius 3 is 2.63 bits per heavy atom. The van der Waals surface area contributed by atoms with Gasteiger partial charge in [-0.05, 0) is 25.1 Å². The van der Waals surface area contributed by atoms with Gasteiger partial charge in [0.1, 0.15) is 0 Å². The number of alkyl halides is 3. The Kier molecular flexibility index (Phi) is 3.64. The highest BCUT2D eigenvalue weighted by molar-refractivity contribution is 5.57. The van der Waals surface area contributed by atoms with Gasteiger partial charge in [-0.1, -0.05) is 12.1 Å². The van der Waals surface area contributed by atoms with Gasteiger partial charge in [0.15, 0.2) is 5.75 Å². The predicted molar refractivity (Wildman–Crippen MR) is 63.8 cm³/mol. The van der Waals surface area contributed by atoms with Crippen molar-refractivity contribution in [2.45, 2.75) is 19.3 Å². The monoisotopic (exact) mass is 271 g/mol. The standard InChI is InChI=1S/C12H12F3N3O/c1-8(9-6-7-16-18-9)17-10-4-2-3-5-11(10)19-12(13,14)15/h2-8,17H,1H3,(H,16,18). The Morgan fingerprint density at radius 2 is 2.00 bits per heavy atom. The molecule has 2 aromatic rings. The molecule has 2 N–H and O–H groups in total. The van der Waals surface area contributed by atoms with E-state index in [1.807, 2.05) is 0 Å². The van der Waals surface area contributed by atoms with Crippen molar-refractivity contribution in [1.29, 1.82) is 0 Å². The number of H-pyrrole nitrogens is 1. The van der Waals surface area contributed by atoms with Gasteiger partial charge in [-0.15, -0.1) is 13.2 Å². The first-order chi connectivity index (χ1) is 8.96. The Hall–Kier alpha value is -2.18. The second-order valence-corrected chi connectivity index (χ2v) is 3.92. The normalized spacial score (nSPS) is 13.1. The van der Waals surface area contributed by atoms with Crippen molar-refractivity contribution in [3.8, 4) is 5.75 Å². The molecule has 1 aromatic heterocycles. The van der Waals surface area contributed by atoms with Gasteiger partial charge < -0.3 is 10.1 Å². The summed E-state index contributed by atoms with van der Waals surface area (Å²) in [6, 6.07) is 7.41. The van der Waals surface area contributed by atoms with Gasteiger partial charge >= 0.3 is 6.36 Å². The molecule has 0 spiro atoms. The lowest BCUT2D eigenvalue weighted by Gasteiger charge is -2.18. The summed E-state index contributed by atoms with van der Waals surface area (Å²) in [5.74, 6) is -0.263. The number of halogens is 3. The summed E-state index contributed by atoms with van der Waals surface area (Å²) in [6.07, 6.45) is -3.14. The van der Waals surface area contributed by atoms with Gasteiger partial charge in [-0.2, -0.15) is 5.10 Å². The van der Waals surface area contributed by atoms with E-state index in [1.165, 1.54) is 18.2 Å². The second-order valence-electron chi connectivity index (χ2n) is 3.92. The molecule has 0 radical (unpaired) electrons. The Labute approximate surface area is 107 Å². The van der Waals surface area contributed by atoms with E-state index in [-0.39, 0.29) is 17.5 Å². The van der Waals surface area contributed by atoms with Crippen LogP contribution in [0, 0.1) is 0 Å². The predicted octanol–water partition coefficient (Wildman–Crippen LogP) is 3.48. The maximum absolute atomic E-state index is 12.3. The highest BCUT2D eigenvalue weighted by Gasteiger charge is 2.32. The van der Waals surface area contributed by atoms with E-state index in [1.54, 1.807) is 25.3 Å². The SMILES string of the molecule is CC(Nc1ccccc1OC(F)(F)F)c1ccn[nH]1. The van der Waals surface area contributed by atoms with Crippen LogP contribution in [0.4, 0.5) is 18.9 Å². The van der Waals surface area contributed by atoms with Crippen molar-refractivity contribution in [3.05, 3.63) is 42.2 Å². The van der Waals surface area contributed by atoms with Crippen molar-refractivity contribution >= 4 is 5.69 Å². The molecule has 4 nitrogen and oxygen atoms in total. The highest BCUT2D eigenvalue weighted by atomic mass is 19.4. The summed E-state index contributed by atoms with van der Waals surface area (Å²) in [6.45, 7) is 1.80. The van der Waals surface area contributed by atoms with E-state index >= 15 is 0 Å². The van der Waals surface area contributed by atoms with Crippen LogP contribution in [0.1, 0.15) is 18.7 Å². The number of nitrogens with zero attached hydrogens (tertiary/aromatic N) is 1. The van der Waals surface area contributed by atoms with E-state index in [0.717, 1.165) is 5.69 Å². The molecule has 2 rings (SSSR count). The number of para-hydroxylation sites is 2. The fourth-order valence-corrected chi connectivity index (χ4v) is 1.62. The maximum Gasteiger partial charge on any atom is 0.573 e. The number of aromatic nitrogens is 2. The minimum atomic E-state index is -4.71. The fraction of sp³-hybridized carbons (Fsp3) is 0.250. The number of anilines is 1. The Morgan fingerprint density at radius 1 is 1.26 bits per heavy atom. The zero-order valence-electron chi connectivity index (χ0n) is 10.0. The third-order valence-corrected chi connectivity index (χ3v) is 2.47. The van der Waals surface area contributed by atoms with E-state index in [2.05, 4.69) is 20.3 Å². The van der Waals surface area contributed by atoms with Crippen molar-refractivity contribution in [2.75, 3.05) is 5.32 Å². The zero-order chi connectivity index (χ0) is 13.9. The molecule has 1 unspecified atom stereocenters. The molecule has 1 atom stereocenters. The largest absolute Gasteiger partial charge is 0.573 e. The third-order valence-electron chi connectivity index (χ3n) is 2.47. The lowest BCUT2D eigenvalue weighted by Crippen LogP contribution is -2.18. The molecule has 0 saturated heterocycles. The van der Waals surface area contributed by atoms with Crippen molar-refractivity contribution in [2.24, 2.45) is 0 Å². The lowest BCUT2D eigenvalue weighted by molar-refractivity contribution is -0.274. The summed E-state index contributed by atoms with van der Waals surface area (Å²) in [4.78, 5) is 0. The third kappa shape index (κ3) is 3.64. The van der Waals surface area contributed by atoms with E-state index < -0.39 is 6.36 Å².